The van der Waals surface area contributed by atoms with Crippen LogP contribution in [0.15, 0.2) is 24.3 Å². The first-order valence-electron chi connectivity index (χ1n) is 6.67. The van der Waals surface area contributed by atoms with Crippen molar-refractivity contribution in [3.8, 4) is 0 Å². The summed E-state index contributed by atoms with van der Waals surface area (Å²) in [5.41, 5.74) is -1.27. The van der Waals surface area contributed by atoms with Gasteiger partial charge in [-0.15, -0.1) is 11.3 Å². The summed E-state index contributed by atoms with van der Waals surface area (Å²) in [5.74, 6) is -1.86. The van der Waals surface area contributed by atoms with Crippen LogP contribution in [0.4, 0.5) is 4.39 Å². The number of aliphatic carboxylic acids is 1. The molecule has 0 aliphatic heterocycles. The number of fused-ring (bicyclic) bond motifs is 1. The van der Waals surface area contributed by atoms with Crippen LogP contribution in [0.2, 0.25) is 0 Å². The third-order valence-electron chi connectivity index (χ3n) is 3.67. The number of rotatable bonds is 5. The first-order chi connectivity index (χ1) is 9.91. The Kier molecular flexibility index (Phi) is 4.27. The molecule has 112 valence electrons. The van der Waals surface area contributed by atoms with E-state index in [1.807, 2.05) is 0 Å². The maximum atomic E-state index is 13.2. The highest BCUT2D eigenvalue weighted by Crippen LogP contribution is 2.27. The molecule has 0 fully saturated rings. The summed E-state index contributed by atoms with van der Waals surface area (Å²) in [7, 11) is 0. The third-order valence-corrected chi connectivity index (χ3v) is 4.79. The van der Waals surface area contributed by atoms with Crippen molar-refractivity contribution in [1.29, 1.82) is 0 Å². The zero-order valence-electron chi connectivity index (χ0n) is 11.8. The topological polar surface area (TPSA) is 66.4 Å². The highest BCUT2D eigenvalue weighted by Gasteiger charge is 2.36. The summed E-state index contributed by atoms with van der Waals surface area (Å²) < 4.78 is 13.9. The highest BCUT2D eigenvalue weighted by molar-refractivity contribution is 7.20. The van der Waals surface area contributed by atoms with Crippen LogP contribution in [0.5, 0.6) is 0 Å². The number of nitrogens with one attached hydrogen (secondary N) is 1. The van der Waals surface area contributed by atoms with Crippen molar-refractivity contribution in [1.82, 2.24) is 5.32 Å². The van der Waals surface area contributed by atoms with Gasteiger partial charge in [0.1, 0.15) is 11.4 Å². The molecular formula is C15H16FNO3S. The lowest BCUT2D eigenvalue weighted by Crippen LogP contribution is -2.53. The molecule has 0 saturated heterocycles. The minimum atomic E-state index is -1.27. The quantitative estimate of drug-likeness (QED) is 0.889. The third kappa shape index (κ3) is 2.90. The van der Waals surface area contributed by atoms with Gasteiger partial charge in [0, 0.05) is 4.70 Å². The lowest BCUT2D eigenvalue weighted by atomic mass is 9.93. The van der Waals surface area contributed by atoms with Gasteiger partial charge in [-0.3, -0.25) is 4.79 Å². The number of benzene rings is 1. The van der Waals surface area contributed by atoms with Crippen molar-refractivity contribution in [2.45, 2.75) is 32.2 Å². The highest BCUT2D eigenvalue weighted by atomic mass is 32.1. The molecule has 1 heterocycles. The Morgan fingerprint density at radius 1 is 1.29 bits per heavy atom. The first-order valence-corrected chi connectivity index (χ1v) is 7.48. The van der Waals surface area contributed by atoms with Crippen LogP contribution < -0.4 is 5.32 Å². The smallest absolute Gasteiger partial charge is 0.329 e. The van der Waals surface area contributed by atoms with Crippen molar-refractivity contribution in [2.75, 3.05) is 0 Å². The average Bonchev–Trinajstić information content (AvgIpc) is 2.87. The largest absolute Gasteiger partial charge is 0.480 e. The molecule has 0 spiro atoms. The molecule has 1 aromatic heterocycles. The monoisotopic (exact) mass is 309 g/mol. The van der Waals surface area contributed by atoms with Gasteiger partial charge in [0.25, 0.3) is 5.91 Å². The molecule has 0 radical (unpaired) electrons. The number of thiophene rings is 1. The van der Waals surface area contributed by atoms with Crippen LogP contribution in [0.1, 0.15) is 36.4 Å². The lowest BCUT2D eigenvalue weighted by Gasteiger charge is -2.27. The van der Waals surface area contributed by atoms with E-state index < -0.39 is 17.4 Å². The number of hydrogen-bond donors (Lipinski definition) is 2. The van der Waals surface area contributed by atoms with Crippen LogP contribution >= 0.6 is 11.3 Å². The molecule has 0 aliphatic carbocycles. The molecule has 6 heteroatoms. The van der Waals surface area contributed by atoms with Crippen LogP contribution in [0.3, 0.4) is 0 Å². The molecule has 0 bridgehead atoms. The second-order valence-corrected chi connectivity index (χ2v) is 5.93. The Morgan fingerprint density at radius 3 is 2.52 bits per heavy atom. The van der Waals surface area contributed by atoms with Gasteiger partial charge in [-0.25, -0.2) is 9.18 Å². The minimum Gasteiger partial charge on any atom is -0.480 e. The molecule has 1 aromatic carbocycles. The average molecular weight is 309 g/mol. The molecule has 0 aliphatic rings. The van der Waals surface area contributed by atoms with Gasteiger partial charge in [0.15, 0.2) is 0 Å². The fourth-order valence-corrected chi connectivity index (χ4v) is 3.13. The summed E-state index contributed by atoms with van der Waals surface area (Å²) in [6, 6.07) is 5.87. The van der Waals surface area contributed by atoms with Crippen LogP contribution in [-0.4, -0.2) is 22.5 Å². The number of hydrogen-bond acceptors (Lipinski definition) is 3. The second-order valence-electron chi connectivity index (χ2n) is 4.84. The first kappa shape index (κ1) is 15.4. The van der Waals surface area contributed by atoms with Crippen molar-refractivity contribution < 1.29 is 19.1 Å². The molecule has 0 unspecified atom stereocenters. The summed E-state index contributed by atoms with van der Waals surface area (Å²) in [6.45, 7) is 3.44. The minimum absolute atomic E-state index is 0.296. The van der Waals surface area contributed by atoms with Crippen LogP contribution in [-0.2, 0) is 4.79 Å². The lowest BCUT2D eigenvalue weighted by molar-refractivity contribution is -0.144. The van der Waals surface area contributed by atoms with Crippen LogP contribution in [0.25, 0.3) is 10.1 Å². The van der Waals surface area contributed by atoms with E-state index in [4.69, 9.17) is 0 Å². The maximum Gasteiger partial charge on any atom is 0.329 e. The predicted octanol–water partition coefficient (Wildman–Crippen LogP) is 3.41. The molecule has 0 saturated carbocycles. The number of carboxylic acid groups (broad SMARTS) is 1. The number of halogens is 1. The molecule has 21 heavy (non-hydrogen) atoms. The Hall–Kier alpha value is -1.95. The summed E-state index contributed by atoms with van der Waals surface area (Å²) in [6.07, 6.45) is 0.591. The van der Waals surface area contributed by atoms with E-state index in [9.17, 15) is 19.1 Å². The Morgan fingerprint density at radius 2 is 1.95 bits per heavy atom. The van der Waals surface area contributed by atoms with Gasteiger partial charge in [-0.1, -0.05) is 13.8 Å². The predicted molar refractivity (Wildman–Crippen MR) is 80.2 cm³/mol. The van der Waals surface area contributed by atoms with E-state index >= 15 is 0 Å². The Labute approximate surface area is 125 Å². The zero-order chi connectivity index (χ0) is 15.6. The summed E-state index contributed by atoms with van der Waals surface area (Å²) in [5, 5.41) is 12.6. The van der Waals surface area contributed by atoms with Crippen LogP contribution in [0, 0.1) is 5.82 Å². The number of carboxylic acids is 1. The van der Waals surface area contributed by atoms with Crippen molar-refractivity contribution in [3.63, 3.8) is 0 Å². The molecule has 2 aromatic rings. The fraction of sp³-hybridized carbons (Fsp3) is 0.333. The van der Waals surface area contributed by atoms with E-state index in [0.717, 1.165) is 4.70 Å². The van der Waals surface area contributed by atoms with E-state index in [0.29, 0.717) is 23.1 Å². The Balaban J connectivity index is 2.31. The van der Waals surface area contributed by atoms with E-state index in [2.05, 4.69) is 5.32 Å². The van der Waals surface area contributed by atoms with Gasteiger partial charge in [-0.05, 0) is 42.5 Å². The number of carbonyl (C=O) groups excluding carboxylic acids is 1. The second kappa shape index (κ2) is 5.81. The number of amides is 1. The fourth-order valence-electron chi connectivity index (χ4n) is 2.19. The van der Waals surface area contributed by atoms with E-state index in [1.165, 1.54) is 23.5 Å². The number of carbonyl (C=O) groups is 2. The SMILES string of the molecule is CCC(CC)(NC(=O)c1cc2cc(F)ccc2s1)C(=O)O. The van der Waals surface area contributed by atoms with Gasteiger partial charge in [0.05, 0.1) is 4.88 Å². The molecule has 1 amide bonds. The van der Waals surface area contributed by atoms with Crippen molar-refractivity contribution >= 4 is 33.3 Å². The van der Waals surface area contributed by atoms with Gasteiger partial charge < -0.3 is 10.4 Å². The molecule has 2 rings (SSSR count). The normalized spacial score (nSPS) is 11.6. The van der Waals surface area contributed by atoms with Gasteiger partial charge >= 0.3 is 5.97 Å². The summed E-state index contributed by atoms with van der Waals surface area (Å²) in [4.78, 5) is 24.1. The van der Waals surface area contributed by atoms with Crippen molar-refractivity contribution in [3.05, 3.63) is 35.0 Å². The maximum absolute atomic E-state index is 13.2. The van der Waals surface area contributed by atoms with E-state index in [-0.39, 0.29) is 5.82 Å². The van der Waals surface area contributed by atoms with Gasteiger partial charge in [0.2, 0.25) is 0 Å². The molecule has 4 nitrogen and oxygen atoms in total. The zero-order valence-corrected chi connectivity index (χ0v) is 12.6. The van der Waals surface area contributed by atoms with Gasteiger partial charge in [-0.2, -0.15) is 0 Å². The molecular weight excluding hydrogens is 293 g/mol. The standard InChI is InChI=1S/C15H16FNO3S/c1-3-15(4-2,14(19)20)17-13(18)12-8-9-7-10(16)5-6-11(9)21-12/h5-8H,3-4H2,1-2H3,(H,17,18)(H,19,20). The molecule has 2 N–H and O–H groups in total. The van der Waals surface area contributed by atoms with E-state index in [1.54, 1.807) is 26.0 Å². The Bertz CT molecular complexity index is 691. The molecule has 0 atom stereocenters. The summed E-state index contributed by atoms with van der Waals surface area (Å²) >= 11 is 1.22. The van der Waals surface area contributed by atoms with Crippen molar-refractivity contribution in [2.24, 2.45) is 0 Å².